The first-order valence-corrected chi connectivity index (χ1v) is 7.15. The van der Waals surface area contributed by atoms with Gasteiger partial charge in [-0.25, -0.2) is 4.68 Å². The zero-order valence-electron chi connectivity index (χ0n) is 13.0. The highest BCUT2D eigenvalue weighted by atomic mass is 16.5. The molecular weight excluding hydrogens is 298 g/mol. The molecule has 0 amide bonds. The first kappa shape index (κ1) is 15.0. The van der Waals surface area contributed by atoms with Crippen molar-refractivity contribution in [2.24, 2.45) is 0 Å². The van der Waals surface area contributed by atoms with Crippen LogP contribution in [0.1, 0.15) is 17.3 Å². The molecule has 8 nitrogen and oxygen atoms in total. The van der Waals surface area contributed by atoms with Crippen molar-refractivity contribution >= 4 is 0 Å². The molecule has 2 heterocycles. The second-order valence-corrected chi connectivity index (χ2v) is 4.88. The van der Waals surface area contributed by atoms with E-state index in [2.05, 4.69) is 20.5 Å². The van der Waals surface area contributed by atoms with Crippen LogP contribution in [0.3, 0.4) is 0 Å². The monoisotopic (exact) mass is 315 g/mol. The molecule has 0 N–H and O–H groups in total. The summed E-state index contributed by atoms with van der Waals surface area (Å²) in [5.74, 6) is 2.75. The smallest absolute Gasteiger partial charge is 0.227 e. The van der Waals surface area contributed by atoms with Crippen LogP contribution in [0, 0.1) is 0 Å². The van der Waals surface area contributed by atoms with Crippen molar-refractivity contribution < 1.29 is 14.0 Å². The number of rotatable bonds is 7. The quantitative estimate of drug-likeness (QED) is 0.653. The molecule has 0 saturated heterocycles. The van der Waals surface area contributed by atoms with E-state index < -0.39 is 0 Å². The predicted molar refractivity (Wildman–Crippen MR) is 80.4 cm³/mol. The van der Waals surface area contributed by atoms with Gasteiger partial charge in [0.15, 0.2) is 5.82 Å². The summed E-state index contributed by atoms with van der Waals surface area (Å²) in [6.45, 7) is 0.436. The van der Waals surface area contributed by atoms with Gasteiger partial charge in [-0.1, -0.05) is 10.4 Å². The van der Waals surface area contributed by atoms with E-state index in [0.29, 0.717) is 31.1 Å². The molecule has 0 unspecified atom stereocenters. The molecule has 0 fully saturated rings. The zero-order chi connectivity index (χ0) is 16.1. The number of ether oxygens (including phenoxy) is 2. The maximum Gasteiger partial charge on any atom is 0.227 e. The van der Waals surface area contributed by atoms with Crippen LogP contribution in [-0.2, 0) is 19.4 Å². The maximum absolute atomic E-state index is 5.37. The van der Waals surface area contributed by atoms with Crippen LogP contribution in [0.4, 0.5) is 0 Å². The van der Waals surface area contributed by atoms with Gasteiger partial charge in [0, 0.05) is 12.6 Å². The average Bonchev–Trinajstić information content (AvgIpc) is 3.25. The van der Waals surface area contributed by atoms with E-state index in [1.54, 1.807) is 31.3 Å². The Balaban J connectivity index is 1.65. The predicted octanol–water partition coefficient (Wildman–Crippen LogP) is 1.51. The van der Waals surface area contributed by atoms with Crippen molar-refractivity contribution in [1.82, 2.24) is 25.1 Å². The summed E-state index contributed by atoms with van der Waals surface area (Å²) in [6.07, 6.45) is 4.69. The summed E-state index contributed by atoms with van der Waals surface area (Å²) in [6, 6.07) is 5.70. The fraction of sp³-hybridized carbons (Fsp3) is 0.333. The third-order valence-electron chi connectivity index (χ3n) is 3.38. The lowest BCUT2D eigenvalue weighted by Gasteiger charge is -2.09. The first-order chi connectivity index (χ1) is 11.3. The molecule has 3 rings (SSSR count). The normalized spacial score (nSPS) is 10.7. The maximum atomic E-state index is 5.37. The zero-order valence-corrected chi connectivity index (χ0v) is 13.0. The van der Waals surface area contributed by atoms with E-state index in [9.17, 15) is 0 Å². The highest BCUT2D eigenvalue weighted by Crippen LogP contribution is 2.25. The lowest BCUT2D eigenvalue weighted by molar-refractivity contribution is 0.368. The van der Waals surface area contributed by atoms with Gasteiger partial charge in [0.05, 0.1) is 20.4 Å². The highest BCUT2D eigenvalue weighted by Gasteiger charge is 2.10. The highest BCUT2D eigenvalue weighted by molar-refractivity contribution is 5.40. The second kappa shape index (κ2) is 6.91. The fourth-order valence-electron chi connectivity index (χ4n) is 2.24. The molecule has 2 aromatic heterocycles. The first-order valence-electron chi connectivity index (χ1n) is 7.15. The summed E-state index contributed by atoms with van der Waals surface area (Å²) < 4.78 is 17.5. The van der Waals surface area contributed by atoms with E-state index in [0.717, 1.165) is 17.1 Å². The Labute approximate surface area is 133 Å². The molecule has 0 aliphatic rings. The van der Waals surface area contributed by atoms with Gasteiger partial charge in [-0.3, -0.25) is 0 Å². The summed E-state index contributed by atoms with van der Waals surface area (Å²) in [5.41, 5.74) is 1.03. The third-order valence-corrected chi connectivity index (χ3v) is 3.38. The molecular formula is C15H17N5O3. The summed E-state index contributed by atoms with van der Waals surface area (Å²) in [5, 5.41) is 11.6. The molecule has 1 aromatic carbocycles. The SMILES string of the molecule is COc1ccc(OC)c(CCc2nc(Cn3ccnn3)no2)c1. The third kappa shape index (κ3) is 3.65. The molecule has 0 aliphatic carbocycles. The van der Waals surface area contributed by atoms with Crippen molar-refractivity contribution in [3.63, 3.8) is 0 Å². The van der Waals surface area contributed by atoms with Crippen molar-refractivity contribution in [3.05, 3.63) is 47.9 Å². The minimum atomic E-state index is 0.436. The van der Waals surface area contributed by atoms with Gasteiger partial charge >= 0.3 is 0 Å². The van der Waals surface area contributed by atoms with Gasteiger partial charge in [0.2, 0.25) is 5.89 Å². The van der Waals surface area contributed by atoms with Crippen molar-refractivity contribution in [2.75, 3.05) is 14.2 Å². The molecule has 0 radical (unpaired) electrons. The minimum absolute atomic E-state index is 0.436. The Bertz CT molecular complexity index is 754. The second-order valence-electron chi connectivity index (χ2n) is 4.88. The van der Waals surface area contributed by atoms with Gasteiger partial charge in [-0.15, -0.1) is 5.10 Å². The summed E-state index contributed by atoms with van der Waals surface area (Å²) in [7, 11) is 3.29. The Kier molecular flexibility index (Phi) is 4.51. The number of methoxy groups -OCH3 is 2. The van der Waals surface area contributed by atoms with Gasteiger partial charge < -0.3 is 14.0 Å². The summed E-state index contributed by atoms with van der Waals surface area (Å²) >= 11 is 0. The Hall–Kier alpha value is -2.90. The number of aryl methyl sites for hydroxylation is 2. The van der Waals surface area contributed by atoms with Crippen LogP contribution in [0.25, 0.3) is 0 Å². The van der Waals surface area contributed by atoms with E-state index >= 15 is 0 Å². The lowest BCUT2D eigenvalue weighted by atomic mass is 10.1. The van der Waals surface area contributed by atoms with Crippen LogP contribution in [0.2, 0.25) is 0 Å². The van der Waals surface area contributed by atoms with Gasteiger partial charge in [-0.05, 0) is 30.2 Å². The number of hydrogen-bond acceptors (Lipinski definition) is 7. The Morgan fingerprint density at radius 2 is 2.09 bits per heavy atom. The molecule has 0 bridgehead atoms. The van der Waals surface area contributed by atoms with E-state index in [-0.39, 0.29) is 0 Å². The van der Waals surface area contributed by atoms with Crippen LogP contribution in [0.15, 0.2) is 35.1 Å². The van der Waals surface area contributed by atoms with Gasteiger partial charge in [0.25, 0.3) is 0 Å². The Morgan fingerprint density at radius 1 is 1.17 bits per heavy atom. The van der Waals surface area contributed by atoms with E-state index in [4.69, 9.17) is 14.0 Å². The molecule has 0 spiro atoms. The minimum Gasteiger partial charge on any atom is -0.497 e. The number of nitrogens with zero attached hydrogens (tertiary/aromatic N) is 5. The molecule has 3 aromatic rings. The van der Waals surface area contributed by atoms with Gasteiger partial charge in [-0.2, -0.15) is 4.98 Å². The number of aromatic nitrogens is 5. The van der Waals surface area contributed by atoms with Crippen LogP contribution in [-0.4, -0.2) is 39.4 Å². The van der Waals surface area contributed by atoms with Crippen LogP contribution >= 0.6 is 0 Å². The van der Waals surface area contributed by atoms with Crippen molar-refractivity contribution in [2.45, 2.75) is 19.4 Å². The fourth-order valence-corrected chi connectivity index (χ4v) is 2.24. The lowest BCUT2D eigenvalue weighted by Crippen LogP contribution is -2.02. The van der Waals surface area contributed by atoms with Crippen LogP contribution in [0.5, 0.6) is 11.5 Å². The van der Waals surface area contributed by atoms with Gasteiger partial charge in [0.1, 0.15) is 18.0 Å². The van der Waals surface area contributed by atoms with E-state index in [1.807, 2.05) is 18.2 Å². The molecule has 23 heavy (non-hydrogen) atoms. The molecule has 8 heteroatoms. The molecule has 0 atom stereocenters. The largest absolute Gasteiger partial charge is 0.497 e. The molecule has 0 saturated carbocycles. The Morgan fingerprint density at radius 3 is 2.83 bits per heavy atom. The standard InChI is InChI=1S/C15H17N5O3/c1-21-12-4-5-13(22-2)11(9-12)3-6-15-17-14(18-23-15)10-20-8-7-16-19-20/h4-5,7-9H,3,6,10H2,1-2H3. The molecule has 120 valence electrons. The van der Waals surface area contributed by atoms with Crippen molar-refractivity contribution in [1.29, 1.82) is 0 Å². The number of hydrogen-bond donors (Lipinski definition) is 0. The van der Waals surface area contributed by atoms with E-state index in [1.165, 1.54) is 0 Å². The average molecular weight is 315 g/mol. The summed E-state index contributed by atoms with van der Waals surface area (Å²) in [4.78, 5) is 4.36. The van der Waals surface area contributed by atoms with Crippen LogP contribution < -0.4 is 9.47 Å². The topological polar surface area (TPSA) is 88.1 Å². The number of benzene rings is 1. The molecule has 0 aliphatic heterocycles. The van der Waals surface area contributed by atoms with Crippen molar-refractivity contribution in [3.8, 4) is 11.5 Å².